The molecule has 5 nitrogen and oxygen atoms in total. The second-order valence-electron chi connectivity index (χ2n) is 11.0. The zero-order valence-corrected chi connectivity index (χ0v) is 23.7. The maximum atomic E-state index is 13.3. The van der Waals surface area contributed by atoms with Gasteiger partial charge in [0.2, 0.25) is 0 Å². The van der Waals surface area contributed by atoms with E-state index in [4.69, 9.17) is 9.47 Å². The quantitative estimate of drug-likeness (QED) is 0.294. The molecule has 3 aromatic carbocycles. The number of methoxy groups -OCH3 is 1. The minimum absolute atomic E-state index is 0.125. The zero-order chi connectivity index (χ0) is 27.2. The predicted molar refractivity (Wildman–Crippen MR) is 155 cm³/mol. The van der Waals surface area contributed by atoms with Crippen LogP contribution in [0.4, 0.5) is 4.79 Å². The van der Waals surface area contributed by atoms with Crippen LogP contribution in [0.5, 0.6) is 0 Å². The van der Waals surface area contributed by atoms with Crippen molar-refractivity contribution in [2.45, 2.75) is 61.3 Å². The average Bonchev–Trinajstić information content (AvgIpc) is 3.36. The number of hydrogen-bond donors (Lipinski definition) is 0. The Bertz CT molecular complexity index is 1090. The Morgan fingerprint density at radius 3 is 1.58 bits per heavy atom. The molecule has 0 bridgehead atoms. The summed E-state index contributed by atoms with van der Waals surface area (Å²) in [6, 6.07) is 31.1. The van der Waals surface area contributed by atoms with Crippen molar-refractivity contribution < 1.29 is 19.1 Å². The summed E-state index contributed by atoms with van der Waals surface area (Å²) in [6.45, 7) is 6.01. The lowest BCUT2D eigenvalue weighted by Gasteiger charge is -2.46. The fourth-order valence-electron chi connectivity index (χ4n) is 5.27. The van der Waals surface area contributed by atoms with Crippen LogP contribution in [0.25, 0.3) is 0 Å². The van der Waals surface area contributed by atoms with Gasteiger partial charge in [0.25, 0.3) is 0 Å². The number of hydrogen-bond acceptors (Lipinski definition) is 4. The van der Waals surface area contributed by atoms with Gasteiger partial charge in [-0.3, -0.25) is 4.90 Å². The van der Waals surface area contributed by atoms with Gasteiger partial charge in [-0.25, -0.2) is 19.6 Å². The summed E-state index contributed by atoms with van der Waals surface area (Å²) >= 11 is 0. The molecule has 1 aliphatic rings. The van der Waals surface area contributed by atoms with Gasteiger partial charge in [0.15, 0.2) is 0 Å². The first-order valence-electron chi connectivity index (χ1n) is 13.1. The lowest BCUT2D eigenvalue weighted by molar-refractivity contribution is -0.145. The summed E-state index contributed by atoms with van der Waals surface area (Å²) in [6.07, 6.45) is 0.108. The van der Waals surface area contributed by atoms with Crippen molar-refractivity contribution in [1.82, 2.24) is 4.90 Å². The van der Waals surface area contributed by atoms with E-state index in [1.54, 1.807) is 4.90 Å². The number of carbonyl (C=O) groups excluding carboxylic acids is 2. The monoisotopic (exact) mass is 533 g/mol. The first-order chi connectivity index (χ1) is 18.2. The van der Waals surface area contributed by atoms with E-state index in [1.165, 1.54) is 23.8 Å². The topological polar surface area (TPSA) is 55.8 Å². The van der Waals surface area contributed by atoms with Crippen LogP contribution in [-0.4, -0.2) is 47.5 Å². The lowest BCUT2D eigenvalue weighted by Crippen LogP contribution is -2.44. The van der Waals surface area contributed by atoms with Crippen LogP contribution in [0, 0.1) is 0 Å². The van der Waals surface area contributed by atoms with Crippen molar-refractivity contribution in [2.24, 2.45) is 0 Å². The van der Waals surface area contributed by atoms with Gasteiger partial charge in [-0.05, 0) is 43.9 Å². The molecule has 4 rings (SSSR count). The minimum Gasteiger partial charge on any atom is -0.467 e. The molecule has 0 saturated carbocycles. The fraction of sp³-hybridized carbons (Fsp3) is 0.375. The largest absolute Gasteiger partial charge is 0.467 e. The van der Waals surface area contributed by atoms with Crippen LogP contribution in [0.1, 0.15) is 43.9 Å². The normalized spacial score (nSPS) is 18.2. The van der Waals surface area contributed by atoms with E-state index in [0.717, 1.165) is 17.3 Å². The van der Waals surface area contributed by atoms with Gasteiger partial charge >= 0.3 is 12.1 Å². The van der Waals surface area contributed by atoms with Crippen LogP contribution in [-0.2, 0) is 31.5 Å². The number of benzene rings is 3. The van der Waals surface area contributed by atoms with Gasteiger partial charge in [0.05, 0.1) is 7.11 Å². The molecule has 0 spiro atoms. The second-order valence-corrected chi connectivity index (χ2v) is 14.8. The fourth-order valence-corrected chi connectivity index (χ4v) is 9.92. The molecular formula is C32H39NO4S. The number of amides is 1. The van der Waals surface area contributed by atoms with E-state index in [9.17, 15) is 9.59 Å². The molecule has 6 heteroatoms. The van der Waals surface area contributed by atoms with E-state index in [2.05, 4.69) is 72.8 Å². The van der Waals surface area contributed by atoms with Crippen LogP contribution in [0.3, 0.4) is 0 Å². The van der Waals surface area contributed by atoms with Gasteiger partial charge in [0, 0.05) is 29.1 Å². The predicted octanol–water partition coefficient (Wildman–Crippen LogP) is 6.94. The molecule has 0 radical (unpaired) electrons. The maximum Gasteiger partial charge on any atom is 0.411 e. The van der Waals surface area contributed by atoms with Crippen molar-refractivity contribution in [3.8, 4) is 0 Å². The van der Waals surface area contributed by atoms with E-state index < -0.39 is 27.8 Å². The van der Waals surface area contributed by atoms with Crippen molar-refractivity contribution in [2.75, 3.05) is 13.7 Å². The Morgan fingerprint density at radius 1 is 0.789 bits per heavy atom. The SMILES string of the molecule is COC(=O)[C@@H]1C[C@@H](S(Cc2ccccc2)(Cc2ccccc2)Cc2ccccc2)CN1C(=O)OC(C)(C)C. The summed E-state index contributed by atoms with van der Waals surface area (Å²) < 4.78 is 10.9. The molecule has 2 atom stereocenters. The highest BCUT2D eigenvalue weighted by Crippen LogP contribution is 2.63. The Labute approximate surface area is 228 Å². The van der Waals surface area contributed by atoms with Crippen LogP contribution in [0.2, 0.25) is 0 Å². The molecule has 1 fully saturated rings. The summed E-state index contributed by atoms with van der Waals surface area (Å²) in [5.41, 5.74) is 3.18. The van der Waals surface area contributed by atoms with Gasteiger partial charge in [-0.2, -0.15) is 0 Å². The van der Waals surface area contributed by atoms with Crippen molar-refractivity contribution in [3.05, 3.63) is 108 Å². The third-order valence-corrected chi connectivity index (χ3v) is 11.4. The van der Waals surface area contributed by atoms with Gasteiger partial charge < -0.3 is 9.47 Å². The van der Waals surface area contributed by atoms with Crippen molar-refractivity contribution in [1.29, 1.82) is 0 Å². The Balaban J connectivity index is 1.79. The Morgan fingerprint density at radius 2 is 1.21 bits per heavy atom. The smallest absolute Gasteiger partial charge is 0.411 e. The summed E-state index contributed by atoms with van der Waals surface area (Å²) in [4.78, 5) is 27.9. The molecule has 0 aromatic heterocycles. The Kier molecular flexibility index (Phi) is 8.83. The van der Waals surface area contributed by atoms with Crippen LogP contribution < -0.4 is 0 Å². The van der Waals surface area contributed by atoms with Crippen LogP contribution >= 0.6 is 10.0 Å². The molecular weight excluding hydrogens is 494 g/mol. The molecule has 38 heavy (non-hydrogen) atoms. The van der Waals surface area contributed by atoms with E-state index in [1.807, 2.05) is 39.0 Å². The van der Waals surface area contributed by atoms with E-state index in [0.29, 0.717) is 13.0 Å². The highest BCUT2D eigenvalue weighted by Gasteiger charge is 2.48. The summed E-state index contributed by atoms with van der Waals surface area (Å²) in [7, 11) is -0.0863. The van der Waals surface area contributed by atoms with Gasteiger partial charge in [-0.15, -0.1) is 0 Å². The van der Waals surface area contributed by atoms with E-state index in [-0.39, 0.29) is 11.2 Å². The molecule has 1 saturated heterocycles. The molecule has 0 aliphatic carbocycles. The standard InChI is InChI=1S/C32H39NO4S/c1-32(2,3)37-31(35)33-21-28(20-29(33)30(34)36-4)38(22-25-14-8-5-9-15-25,23-26-16-10-6-11-17-26)24-27-18-12-7-13-19-27/h5-19,28-29H,20-24H2,1-4H3/t28-,29+/m1/s1. The number of rotatable bonds is 8. The second kappa shape index (κ2) is 12.1. The number of carbonyl (C=O) groups is 2. The first-order valence-corrected chi connectivity index (χ1v) is 15.3. The summed E-state index contributed by atoms with van der Waals surface area (Å²) in [5.74, 6) is 2.32. The maximum absolute atomic E-state index is 13.3. The van der Waals surface area contributed by atoms with Crippen molar-refractivity contribution >= 4 is 22.1 Å². The molecule has 3 aromatic rings. The molecule has 0 unspecified atom stereocenters. The third-order valence-electron chi connectivity index (χ3n) is 6.96. The minimum atomic E-state index is -1.48. The van der Waals surface area contributed by atoms with Gasteiger partial charge in [-0.1, -0.05) is 91.0 Å². The molecule has 202 valence electrons. The molecule has 1 aliphatic heterocycles. The average molecular weight is 534 g/mol. The summed E-state index contributed by atoms with van der Waals surface area (Å²) in [5, 5.41) is 0.125. The molecule has 0 N–H and O–H groups in total. The lowest BCUT2D eigenvalue weighted by atomic mass is 10.2. The highest BCUT2D eigenvalue weighted by atomic mass is 32.3. The number of nitrogens with zero attached hydrogens (tertiary/aromatic N) is 1. The van der Waals surface area contributed by atoms with Crippen molar-refractivity contribution in [3.63, 3.8) is 0 Å². The van der Waals surface area contributed by atoms with Crippen LogP contribution in [0.15, 0.2) is 91.0 Å². The first kappa shape index (κ1) is 27.8. The highest BCUT2D eigenvalue weighted by molar-refractivity contribution is 8.32. The number of esters is 1. The Hall–Kier alpha value is -3.25. The number of likely N-dealkylation sites (tertiary alicyclic amines) is 1. The zero-order valence-electron chi connectivity index (χ0n) is 22.8. The third kappa shape index (κ3) is 6.98. The number of ether oxygens (including phenoxy) is 2. The van der Waals surface area contributed by atoms with E-state index >= 15 is 0 Å². The van der Waals surface area contributed by atoms with Gasteiger partial charge in [0.1, 0.15) is 11.6 Å². The molecule has 1 amide bonds. The molecule has 1 heterocycles.